The van der Waals surface area contributed by atoms with Crippen molar-refractivity contribution in [2.24, 2.45) is 0 Å². The molecule has 4 nitrogen and oxygen atoms in total. The van der Waals surface area contributed by atoms with Gasteiger partial charge in [0.05, 0.1) is 0 Å². The summed E-state index contributed by atoms with van der Waals surface area (Å²) < 4.78 is 0. The minimum atomic E-state index is 0.619. The first-order valence-corrected chi connectivity index (χ1v) is 7.78. The highest BCUT2D eigenvalue weighted by molar-refractivity contribution is 5.78. The van der Waals surface area contributed by atoms with Gasteiger partial charge in [0.2, 0.25) is 0 Å². The fraction of sp³-hybridized carbons (Fsp3) is 0.625. The number of nitrogens with zero attached hydrogens (tertiary/aromatic N) is 2. The molecule has 1 heterocycles. The summed E-state index contributed by atoms with van der Waals surface area (Å²) in [6.45, 7) is 7.56. The molecule has 2 aromatic rings. The molecule has 0 aliphatic heterocycles. The SMILES string of the molecule is CCCCCC(CC)NCc1ccc2n[nH]nc2c1C. The largest absolute Gasteiger partial charge is 0.310 e. The Morgan fingerprint density at radius 1 is 1.20 bits per heavy atom. The number of nitrogens with one attached hydrogen (secondary N) is 2. The van der Waals surface area contributed by atoms with Crippen LogP contribution >= 0.6 is 0 Å². The van der Waals surface area contributed by atoms with Gasteiger partial charge in [0.15, 0.2) is 0 Å². The van der Waals surface area contributed by atoms with Crippen molar-refractivity contribution in [1.29, 1.82) is 0 Å². The molecule has 0 spiro atoms. The summed E-state index contributed by atoms with van der Waals surface area (Å²) >= 11 is 0. The Morgan fingerprint density at radius 2 is 2.05 bits per heavy atom. The molecule has 1 aromatic carbocycles. The zero-order valence-corrected chi connectivity index (χ0v) is 12.9. The monoisotopic (exact) mass is 274 g/mol. The molecular weight excluding hydrogens is 248 g/mol. The molecule has 0 saturated carbocycles. The van der Waals surface area contributed by atoms with Crippen LogP contribution in [0.3, 0.4) is 0 Å². The van der Waals surface area contributed by atoms with E-state index < -0.39 is 0 Å². The van der Waals surface area contributed by atoms with Crippen LogP contribution in [-0.4, -0.2) is 21.5 Å². The van der Waals surface area contributed by atoms with Crippen LogP contribution in [0, 0.1) is 6.92 Å². The van der Waals surface area contributed by atoms with Crippen molar-refractivity contribution in [3.05, 3.63) is 23.3 Å². The molecule has 0 radical (unpaired) electrons. The van der Waals surface area contributed by atoms with Gasteiger partial charge in [-0.05, 0) is 37.0 Å². The van der Waals surface area contributed by atoms with Crippen LogP contribution in [0.5, 0.6) is 0 Å². The number of aryl methyl sites for hydroxylation is 1. The molecule has 0 bridgehead atoms. The number of hydrogen-bond acceptors (Lipinski definition) is 3. The number of hydrogen-bond donors (Lipinski definition) is 2. The van der Waals surface area contributed by atoms with Crippen molar-refractivity contribution in [3.63, 3.8) is 0 Å². The Morgan fingerprint density at radius 3 is 2.80 bits per heavy atom. The van der Waals surface area contributed by atoms with E-state index in [-0.39, 0.29) is 0 Å². The topological polar surface area (TPSA) is 53.6 Å². The Kier molecular flexibility index (Phi) is 5.53. The normalized spacial score (nSPS) is 12.9. The molecule has 0 aliphatic rings. The second-order valence-corrected chi connectivity index (χ2v) is 5.52. The van der Waals surface area contributed by atoms with Gasteiger partial charge in [-0.3, -0.25) is 0 Å². The van der Waals surface area contributed by atoms with E-state index in [4.69, 9.17) is 0 Å². The van der Waals surface area contributed by atoms with E-state index in [0.717, 1.165) is 17.6 Å². The molecule has 0 aliphatic carbocycles. The molecular formula is C16H26N4. The molecule has 0 fully saturated rings. The fourth-order valence-electron chi connectivity index (χ4n) is 2.62. The van der Waals surface area contributed by atoms with Gasteiger partial charge >= 0.3 is 0 Å². The van der Waals surface area contributed by atoms with Gasteiger partial charge < -0.3 is 5.32 Å². The maximum atomic E-state index is 4.22. The van der Waals surface area contributed by atoms with Crippen LogP contribution in [0.4, 0.5) is 0 Å². The molecule has 0 amide bonds. The Labute approximate surface area is 121 Å². The smallest absolute Gasteiger partial charge is 0.116 e. The van der Waals surface area contributed by atoms with Gasteiger partial charge in [0, 0.05) is 12.6 Å². The lowest BCUT2D eigenvalue weighted by molar-refractivity contribution is 0.446. The van der Waals surface area contributed by atoms with E-state index in [1.807, 2.05) is 6.07 Å². The molecule has 1 atom stereocenters. The van der Waals surface area contributed by atoms with Crippen LogP contribution < -0.4 is 5.32 Å². The predicted molar refractivity (Wildman–Crippen MR) is 83.7 cm³/mol. The fourth-order valence-corrected chi connectivity index (χ4v) is 2.62. The molecule has 0 saturated heterocycles. The first-order chi connectivity index (χ1) is 9.76. The van der Waals surface area contributed by atoms with E-state index in [2.05, 4.69) is 47.6 Å². The molecule has 1 unspecified atom stereocenters. The number of fused-ring (bicyclic) bond motifs is 1. The predicted octanol–water partition coefficient (Wildman–Crippen LogP) is 3.71. The quantitative estimate of drug-likeness (QED) is 0.721. The first kappa shape index (κ1) is 15.0. The summed E-state index contributed by atoms with van der Waals surface area (Å²) in [5, 5.41) is 14.7. The lowest BCUT2D eigenvalue weighted by atomic mass is 10.0. The number of rotatable bonds is 8. The minimum Gasteiger partial charge on any atom is -0.310 e. The second kappa shape index (κ2) is 7.39. The standard InChI is InChI=1S/C16H26N4/c1-4-6-7-8-14(5-2)17-11-13-9-10-15-16(12(13)3)19-20-18-15/h9-10,14,17H,4-8,11H2,1-3H3,(H,18,19,20). The lowest BCUT2D eigenvalue weighted by Crippen LogP contribution is -2.28. The van der Waals surface area contributed by atoms with E-state index in [1.165, 1.54) is 43.2 Å². The molecule has 1 aromatic heterocycles. The van der Waals surface area contributed by atoms with Gasteiger partial charge in [0.1, 0.15) is 11.0 Å². The van der Waals surface area contributed by atoms with E-state index in [0.29, 0.717) is 6.04 Å². The van der Waals surface area contributed by atoms with Gasteiger partial charge in [-0.1, -0.05) is 39.2 Å². The Bertz CT molecular complexity index is 532. The van der Waals surface area contributed by atoms with Crippen molar-refractivity contribution in [2.75, 3.05) is 0 Å². The molecule has 20 heavy (non-hydrogen) atoms. The van der Waals surface area contributed by atoms with Crippen molar-refractivity contribution < 1.29 is 0 Å². The summed E-state index contributed by atoms with van der Waals surface area (Å²) in [4.78, 5) is 0. The van der Waals surface area contributed by atoms with Crippen molar-refractivity contribution in [2.45, 2.75) is 65.5 Å². The molecule has 4 heteroatoms. The molecule has 2 N–H and O–H groups in total. The lowest BCUT2D eigenvalue weighted by Gasteiger charge is -2.17. The summed E-state index contributed by atoms with van der Waals surface area (Å²) in [6.07, 6.45) is 6.41. The van der Waals surface area contributed by atoms with Gasteiger partial charge in [-0.15, -0.1) is 0 Å². The summed E-state index contributed by atoms with van der Waals surface area (Å²) in [5.41, 5.74) is 4.48. The maximum Gasteiger partial charge on any atom is 0.116 e. The van der Waals surface area contributed by atoms with Crippen molar-refractivity contribution >= 4 is 11.0 Å². The summed E-state index contributed by atoms with van der Waals surface area (Å²) in [7, 11) is 0. The van der Waals surface area contributed by atoms with E-state index in [1.54, 1.807) is 0 Å². The van der Waals surface area contributed by atoms with Crippen LogP contribution in [0.25, 0.3) is 11.0 Å². The van der Waals surface area contributed by atoms with E-state index in [9.17, 15) is 0 Å². The molecule has 110 valence electrons. The zero-order chi connectivity index (χ0) is 14.4. The summed E-state index contributed by atoms with van der Waals surface area (Å²) in [5.74, 6) is 0. The summed E-state index contributed by atoms with van der Waals surface area (Å²) in [6, 6.07) is 4.82. The highest BCUT2D eigenvalue weighted by atomic mass is 15.3. The maximum absolute atomic E-state index is 4.22. The van der Waals surface area contributed by atoms with Crippen LogP contribution in [-0.2, 0) is 6.54 Å². The van der Waals surface area contributed by atoms with Gasteiger partial charge in [-0.2, -0.15) is 15.4 Å². The van der Waals surface area contributed by atoms with Crippen LogP contribution in [0.2, 0.25) is 0 Å². The number of aromatic nitrogens is 3. The Balaban J connectivity index is 1.95. The second-order valence-electron chi connectivity index (χ2n) is 5.52. The van der Waals surface area contributed by atoms with Crippen molar-refractivity contribution in [3.8, 4) is 0 Å². The van der Waals surface area contributed by atoms with Crippen LogP contribution in [0.15, 0.2) is 12.1 Å². The van der Waals surface area contributed by atoms with E-state index >= 15 is 0 Å². The minimum absolute atomic E-state index is 0.619. The number of benzene rings is 1. The Hall–Kier alpha value is -1.42. The number of H-pyrrole nitrogens is 1. The third kappa shape index (κ3) is 3.57. The third-order valence-electron chi connectivity index (χ3n) is 4.08. The highest BCUT2D eigenvalue weighted by Crippen LogP contribution is 2.18. The molecule has 2 rings (SSSR count). The van der Waals surface area contributed by atoms with Gasteiger partial charge in [0.25, 0.3) is 0 Å². The highest BCUT2D eigenvalue weighted by Gasteiger charge is 2.09. The average Bonchev–Trinajstić information content (AvgIpc) is 2.94. The first-order valence-electron chi connectivity index (χ1n) is 7.78. The van der Waals surface area contributed by atoms with Gasteiger partial charge in [-0.25, -0.2) is 0 Å². The zero-order valence-electron chi connectivity index (χ0n) is 12.9. The number of aromatic amines is 1. The number of unbranched alkanes of at least 4 members (excludes halogenated alkanes) is 2. The van der Waals surface area contributed by atoms with Crippen LogP contribution in [0.1, 0.15) is 57.1 Å². The van der Waals surface area contributed by atoms with Crippen molar-refractivity contribution in [1.82, 2.24) is 20.7 Å². The third-order valence-corrected chi connectivity index (χ3v) is 4.08. The average molecular weight is 274 g/mol.